The number of likely N-dealkylation sites (tertiary alicyclic amines) is 1. The quantitative estimate of drug-likeness (QED) is 0.606. The van der Waals surface area contributed by atoms with Crippen molar-refractivity contribution in [2.45, 2.75) is 51.1 Å². The summed E-state index contributed by atoms with van der Waals surface area (Å²) in [6, 6.07) is 19.6. The first-order valence-corrected chi connectivity index (χ1v) is 11.6. The smallest absolute Gasteiger partial charge is 0.245 e. The molecule has 3 aromatic rings. The number of aromatic nitrogens is 1. The van der Waals surface area contributed by atoms with Crippen LogP contribution in [0.15, 0.2) is 54.6 Å². The van der Waals surface area contributed by atoms with Crippen LogP contribution < -0.4 is 5.32 Å². The Morgan fingerprint density at radius 2 is 1.97 bits per heavy atom. The highest BCUT2D eigenvalue weighted by atomic mass is 16.2. The molecule has 6 nitrogen and oxygen atoms in total. The molecule has 170 valence electrons. The molecule has 1 aliphatic rings. The van der Waals surface area contributed by atoms with E-state index in [4.69, 9.17) is 0 Å². The van der Waals surface area contributed by atoms with E-state index in [9.17, 15) is 14.9 Å². The van der Waals surface area contributed by atoms with Crippen LogP contribution in [0, 0.1) is 11.3 Å². The van der Waals surface area contributed by atoms with Gasteiger partial charge in [0.2, 0.25) is 11.8 Å². The molecule has 1 N–H and O–H groups in total. The molecule has 2 atom stereocenters. The third-order valence-corrected chi connectivity index (χ3v) is 6.63. The van der Waals surface area contributed by atoms with E-state index in [-0.39, 0.29) is 17.9 Å². The van der Waals surface area contributed by atoms with E-state index >= 15 is 0 Å². The number of nitrogens with one attached hydrogen (secondary N) is 1. The summed E-state index contributed by atoms with van der Waals surface area (Å²) in [5, 5.41) is 13.2. The topological polar surface area (TPSA) is 78.1 Å². The number of hydrogen-bond donors (Lipinski definition) is 1. The molecule has 33 heavy (non-hydrogen) atoms. The highest BCUT2D eigenvalue weighted by Crippen LogP contribution is 2.26. The summed E-state index contributed by atoms with van der Waals surface area (Å²) in [4.78, 5) is 27.3. The lowest BCUT2D eigenvalue weighted by atomic mass is 10.0. The molecule has 0 saturated carbocycles. The number of nitriles is 1. The van der Waals surface area contributed by atoms with Crippen molar-refractivity contribution in [1.29, 1.82) is 5.26 Å². The van der Waals surface area contributed by atoms with Crippen LogP contribution in [0.25, 0.3) is 10.9 Å². The molecule has 1 aliphatic heterocycles. The maximum atomic E-state index is 13.5. The van der Waals surface area contributed by atoms with Crippen molar-refractivity contribution in [3.05, 3.63) is 71.4 Å². The molecule has 0 radical (unpaired) electrons. The highest BCUT2D eigenvalue weighted by molar-refractivity contribution is 5.87. The molecular formula is C27H30N4O2. The fourth-order valence-electron chi connectivity index (χ4n) is 4.93. The van der Waals surface area contributed by atoms with Crippen molar-refractivity contribution < 1.29 is 9.59 Å². The largest absolute Gasteiger partial charge is 0.348 e. The Labute approximate surface area is 194 Å². The third-order valence-electron chi connectivity index (χ3n) is 6.63. The summed E-state index contributed by atoms with van der Waals surface area (Å²) in [6.45, 7) is 2.19. The van der Waals surface area contributed by atoms with Gasteiger partial charge in [-0.15, -0.1) is 0 Å². The van der Waals surface area contributed by atoms with E-state index in [0.29, 0.717) is 12.0 Å². The maximum Gasteiger partial charge on any atom is 0.245 e. The zero-order chi connectivity index (χ0) is 23.4. The average molecular weight is 443 g/mol. The van der Waals surface area contributed by atoms with Crippen LogP contribution in [-0.2, 0) is 29.5 Å². The van der Waals surface area contributed by atoms with Gasteiger partial charge in [-0.1, -0.05) is 36.4 Å². The molecule has 6 heteroatoms. The maximum absolute atomic E-state index is 13.5. The van der Waals surface area contributed by atoms with Gasteiger partial charge in [0.1, 0.15) is 6.04 Å². The van der Waals surface area contributed by atoms with Gasteiger partial charge in [0.15, 0.2) is 0 Å². The molecule has 1 fully saturated rings. The summed E-state index contributed by atoms with van der Waals surface area (Å²) in [6.07, 6.45) is 4.18. The first-order chi connectivity index (χ1) is 16.0. The van der Waals surface area contributed by atoms with Crippen LogP contribution >= 0.6 is 0 Å². The molecule has 2 aromatic carbocycles. The number of benzene rings is 2. The first kappa shape index (κ1) is 22.6. The molecule has 4 rings (SSSR count). The fraction of sp³-hybridized carbons (Fsp3) is 0.370. The first-order valence-electron chi connectivity index (χ1n) is 11.6. The second-order valence-electron chi connectivity index (χ2n) is 8.89. The Kier molecular flexibility index (Phi) is 6.79. The van der Waals surface area contributed by atoms with Gasteiger partial charge in [0.25, 0.3) is 0 Å². The van der Waals surface area contributed by atoms with Gasteiger partial charge in [0.05, 0.1) is 11.6 Å². The lowest BCUT2D eigenvalue weighted by Crippen LogP contribution is -2.50. The Balaban J connectivity index is 1.47. The fourth-order valence-corrected chi connectivity index (χ4v) is 4.93. The summed E-state index contributed by atoms with van der Waals surface area (Å²) < 4.78 is 2.15. The van der Waals surface area contributed by atoms with Crippen LogP contribution in [0.5, 0.6) is 0 Å². The lowest BCUT2D eigenvalue weighted by molar-refractivity contribution is -0.136. The van der Waals surface area contributed by atoms with E-state index in [2.05, 4.69) is 22.0 Å². The number of nitrogens with zero attached hydrogens (tertiary/aromatic N) is 3. The van der Waals surface area contributed by atoms with Gasteiger partial charge in [-0.05, 0) is 54.8 Å². The number of hydrogen-bond acceptors (Lipinski definition) is 3. The van der Waals surface area contributed by atoms with Crippen LogP contribution in [-0.4, -0.2) is 39.9 Å². The zero-order valence-electron chi connectivity index (χ0n) is 19.3. The van der Waals surface area contributed by atoms with Gasteiger partial charge in [-0.3, -0.25) is 9.59 Å². The predicted octanol–water partition coefficient (Wildman–Crippen LogP) is 3.72. The molecule has 2 heterocycles. The molecule has 0 unspecified atom stereocenters. The van der Waals surface area contributed by atoms with Gasteiger partial charge in [-0.25, -0.2) is 0 Å². The number of aryl methyl sites for hydroxylation is 2. The number of amides is 2. The van der Waals surface area contributed by atoms with E-state index in [1.807, 2.05) is 60.5 Å². The van der Waals surface area contributed by atoms with E-state index in [0.717, 1.165) is 48.7 Å². The summed E-state index contributed by atoms with van der Waals surface area (Å²) in [5.74, 6) is -0.181. The second kappa shape index (κ2) is 9.91. The van der Waals surface area contributed by atoms with E-state index < -0.39 is 6.04 Å². The number of carbonyl (C=O) groups is 2. The van der Waals surface area contributed by atoms with Crippen LogP contribution in [0.1, 0.15) is 43.0 Å². The minimum atomic E-state index is -0.549. The van der Waals surface area contributed by atoms with Crippen molar-refractivity contribution in [3.8, 4) is 6.07 Å². The normalized spacial score (nSPS) is 16.5. The predicted molar refractivity (Wildman–Crippen MR) is 128 cm³/mol. The van der Waals surface area contributed by atoms with Crippen molar-refractivity contribution >= 4 is 22.7 Å². The lowest BCUT2D eigenvalue weighted by Gasteiger charge is -2.29. The number of rotatable bonds is 7. The Bertz CT molecular complexity index is 1190. The summed E-state index contributed by atoms with van der Waals surface area (Å²) in [5.41, 5.74) is 3.94. The Hall–Kier alpha value is -3.59. The summed E-state index contributed by atoms with van der Waals surface area (Å²) >= 11 is 0. The number of fused-ring (bicyclic) bond motifs is 1. The standard InChI is InChI=1S/C27H30N4O2/c1-19(32)29-25(15-20-7-4-3-5-8-20)27(33)31-14-6-9-23(31)12-13-24-17-22-11-10-21(18-28)16-26(22)30(24)2/h3-5,7-8,10-11,16-17,23,25H,6,9,12-15H2,1-2H3,(H,29,32)/t23-,25+/m0/s1. The Morgan fingerprint density at radius 3 is 2.70 bits per heavy atom. The van der Waals surface area contributed by atoms with Crippen LogP contribution in [0.2, 0.25) is 0 Å². The minimum Gasteiger partial charge on any atom is -0.348 e. The minimum absolute atomic E-state index is 0.00672. The van der Waals surface area contributed by atoms with Gasteiger partial charge < -0.3 is 14.8 Å². The number of carbonyl (C=O) groups excluding carboxylic acids is 2. The summed E-state index contributed by atoms with van der Waals surface area (Å²) in [7, 11) is 2.03. The van der Waals surface area contributed by atoms with Crippen LogP contribution in [0.3, 0.4) is 0 Å². The molecule has 2 amide bonds. The molecule has 1 saturated heterocycles. The van der Waals surface area contributed by atoms with E-state index in [1.165, 1.54) is 12.6 Å². The highest BCUT2D eigenvalue weighted by Gasteiger charge is 2.33. The van der Waals surface area contributed by atoms with Crippen molar-refractivity contribution in [2.75, 3.05) is 6.54 Å². The third kappa shape index (κ3) is 5.09. The second-order valence-corrected chi connectivity index (χ2v) is 8.89. The van der Waals surface area contributed by atoms with E-state index in [1.54, 1.807) is 0 Å². The molecular weight excluding hydrogens is 412 g/mol. The van der Waals surface area contributed by atoms with Gasteiger partial charge in [-0.2, -0.15) is 5.26 Å². The zero-order valence-corrected chi connectivity index (χ0v) is 19.3. The molecule has 0 bridgehead atoms. The van der Waals surface area contributed by atoms with Crippen molar-refractivity contribution in [2.24, 2.45) is 7.05 Å². The Morgan fingerprint density at radius 1 is 1.18 bits per heavy atom. The SMILES string of the molecule is CC(=O)N[C@H](Cc1ccccc1)C(=O)N1CCC[C@H]1CCc1cc2ccc(C#N)cc2n1C. The average Bonchev–Trinajstić information content (AvgIpc) is 3.41. The molecule has 1 aromatic heterocycles. The molecule has 0 aliphatic carbocycles. The molecule has 0 spiro atoms. The van der Waals surface area contributed by atoms with Crippen molar-refractivity contribution in [3.63, 3.8) is 0 Å². The van der Waals surface area contributed by atoms with Gasteiger partial charge in [0, 0.05) is 44.2 Å². The van der Waals surface area contributed by atoms with Gasteiger partial charge >= 0.3 is 0 Å². The van der Waals surface area contributed by atoms with Crippen molar-refractivity contribution in [1.82, 2.24) is 14.8 Å². The monoisotopic (exact) mass is 442 g/mol. The van der Waals surface area contributed by atoms with Crippen LogP contribution in [0.4, 0.5) is 0 Å².